The average molecular weight is 354 g/mol. The van der Waals surface area contributed by atoms with E-state index < -0.39 is 5.91 Å². The molecule has 8 nitrogen and oxygen atoms in total. The van der Waals surface area contributed by atoms with Gasteiger partial charge in [0.2, 0.25) is 11.8 Å². The van der Waals surface area contributed by atoms with Crippen LogP contribution < -0.4 is 16.2 Å². The maximum absolute atomic E-state index is 12.0. The third-order valence-electron chi connectivity index (χ3n) is 3.79. The highest BCUT2D eigenvalue weighted by atomic mass is 16.5. The van der Waals surface area contributed by atoms with Gasteiger partial charge in [-0.2, -0.15) is 0 Å². The summed E-state index contributed by atoms with van der Waals surface area (Å²) >= 11 is 0. The lowest BCUT2D eigenvalue weighted by molar-refractivity contribution is -0.124. The van der Waals surface area contributed by atoms with Crippen LogP contribution in [-0.2, 0) is 16.0 Å². The second kappa shape index (κ2) is 7.64. The van der Waals surface area contributed by atoms with Crippen LogP contribution in [0.25, 0.3) is 10.9 Å². The van der Waals surface area contributed by atoms with Crippen molar-refractivity contribution < 1.29 is 14.1 Å². The van der Waals surface area contributed by atoms with Gasteiger partial charge in [0.25, 0.3) is 5.56 Å². The number of para-hydroxylation sites is 1. The van der Waals surface area contributed by atoms with Gasteiger partial charge in [0.15, 0.2) is 5.82 Å². The van der Waals surface area contributed by atoms with Crippen molar-refractivity contribution in [1.82, 2.24) is 15.5 Å². The standard InChI is InChI=1S/C18H18N4O4/c1-11-8-15(22-26-11)21-17(24)10-19-16(23)7-6-13-9-12-4-2-3-5-14(12)20-18(13)25/h2-5,8-9H,6-7,10H2,1H3,(H,19,23)(H,20,25)(H,21,22,24). The molecule has 26 heavy (non-hydrogen) atoms. The third kappa shape index (κ3) is 4.35. The van der Waals surface area contributed by atoms with Crippen molar-refractivity contribution >= 4 is 28.5 Å². The Bertz CT molecular complexity index is 1010. The highest BCUT2D eigenvalue weighted by Crippen LogP contribution is 2.11. The summed E-state index contributed by atoms with van der Waals surface area (Å²) in [5.41, 5.74) is 1.07. The number of nitrogens with zero attached hydrogens (tertiary/aromatic N) is 1. The van der Waals surface area contributed by atoms with Crippen LogP contribution in [0.2, 0.25) is 0 Å². The minimum Gasteiger partial charge on any atom is -0.360 e. The van der Waals surface area contributed by atoms with Gasteiger partial charge >= 0.3 is 0 Å². The first kappa shape index (κ1) is 17.4. The normalized spacial score (nSPS) is 10.7. The van der Waals surface area contributed by atoms with E-state index in [1.807, 2.05) is 24.3 Å². The number of hydrogen-bond acceptors (Lipinski definition) is 5. The molecule has 0 bridgehead atoms. The Hall–Kier alpha value is -3.42. The summed E-state index contributed by atoms with van der Waals surface area (Å²) < 4.78 is 4.84. The van der Waals surface area contributed by atoms with Gasteiger partial charge in [0.1, 0.15) is 5.76 Å². The van der Waals surface area contributed by atoms with Crippen LogP contribution in [-0.4, -0.2) is 28.5 Å². The smallest absolute Gasteiger partial charge is 0.251 e. The zero-order chi connectivity index (χ0) is 18.5. The zero-order valence-corrected chi connectivity index (χ0v) is 14.2. The molecule has 0 aliphatic rings. The lowest BCUT2D eigenvalue weighted by atomic mass is 10.1. The van der Waals surface area contributed by atoms with Crippen LogP contribution in [0.15, 0.2) is 45.7 Å². The Balaban J connectivity index is 1.50. The number of anilines is 1. The molecule has 0 fully saturated rings. The molecule has 0 unspecified atom stereocenters. The summed E-state index contributed by atoms with van der Waals surface area (Å²) in [7, 11) is 0. The highest BCUT2D eigenvalue weighted by Gasteiger charge is 2.10. The molecule has 0 atom stereocenters. The molecule has 2 heterocycles. The Morgan fingerprint density at radius 1 is 1.19 bits per heavy atom. The number of pyridine rings is 1. The van der Waals surface area contributed by atoms with E-state index in [2.05, 4.69) is 20.8 Å². The quantitative estimate of drug-likeness (QED) is 0.620. The molecule has 0 aliphatic carbocycles. The molecule has 3 rings (SSSR count). The van der Waals surface area contributed by atoms with Crippen molar-refractivity contribution in [2.45, 2.75) is 19.8 Å². The van der Waals surface area contributed by atoms with Crippen LogP contribution in [0.3, 0.4) is 0 Å². The minimum atomic E-state index is -0.407. The van der Waals surface area contributed by atoms with Crippen LogP contribution in [0.1, 0.15) is 17.7 Å². The molecule has 2 amide bonds. The summed E-state index contributed by atoms with van der Waals surface area (Å²) in [5, 5.41) is 9.57. The van der Waals surface area contributed by atoms with Crippen LogP contribution >= 0.6 is 0 Å². The molecular weight excluding hydrogens is 336 g/mol. The number of amides is 2. The number of H-pyrrole nitrogens is 1. The summed E-state index contributed by atoms with van der Waals surface area (Å²) in [6.45, 7) is 1.53. The number of aryl methyl sites for hydroxylation is 2. The number of fused-ring (bicyclic) bond motifs is 1. The van der Waals surface area contributed by atoms with Gasteiger partial charge in [-0.05, 0) is 30.9 Å². The Kier molecular flexibility index (Phi) is 5.12. The molecule has 0 saturated heterocycles. The van der Waals surface area contributed by atoms with Crippen molar-refractivity contribution in [2.75, 3.05) is 11.9 Å². The molecule has 0 spiro atoms. The number of carbonyl (C=O) groups excluding carboxylic acids is 2. The lowest BCUT2D eigenvalue weighted by Crippen LogP contribution is -2.33. The average Bonchev–Trinajstić information content (AvgIpc) is 3.02. The molecule has 0 radical (unpaired) electrons. The lowest BCUT2D eigenvalue weighted by Gasteiger charge is -2.06. The molecule has 1 aromatic carbocycles. The van der Waals surface area contributed by atoms with Gasteiger partial charge in [-0.3, -0.25) is 14.4 Å². The Morgan fingerprint density at radius 2 is 2.00 bits per heavy atom. The first-order chi connectivity index (χ1) is 12.5. The molecule has 2 aromatic heterocycles. The second-order valence-electron chi connectivity index (χ2n) is 5.86. The topological polar surface area (TPSA) is 117 Å². The van der Waals surface area contributed by atoms with E-state index in [9.17, 15) is 14.4 Å². The molecule has 0 aliphatic heterocycles. The van der Waals surface area contributed by atoms with Crippen molar-refractivity contribution in [1.29, 1.82) is 0 Å². The van der Waals surface area contributed by atoms with Crippen molar-refractivity contribution in [3.63, 3.8) is 0 Å². The molecule has 0 saturated carbocycles. The number of carbonyl (C=O) groups is 2. The van der Waals surface area contributed by atoms with Gasteiger partial charge in [0, 0.05) is 23.6 Å². The fourth-order valence-electron chi connectivity index (χ4n) is 2.51. The van der Waals surface area contributed by atoms with Crippen molar-refractivity contribution in [2.24, 2.45) is 0 Å². The monoisotopic (exact) mass is 354 g/mol. The van der Waals surface area contributed by atoms with Crippen molar-refractivity contribution in [3.8, 4) is 0 Å². The summed E-state index contributed by atoms with van der Waals surface area (Å²) in [5.74, 6) is 0.147. The SMILES string of the molecule is Cc1cc(NC(=O)CNC(=O)CCc2cc3ccccc3[nH]c2=O)no1. The highest BCUT2D eigenvalue weighted by molar-refractivity contribution is 5.93. The maximum atomic E-state index is 12.0. The molecule has 3 N–H and O–H groups in total. The second-order valence-corrected chi connectivity index (χ2v) is 5.86. The summed E-state index contributed by atoms with van der Waals surface area (Å²) in [6, 6.07) is 10.8. The Labute approximate surface area is 148 Å². The van der Waals surface area contributed by atoms with E-state index >= 15 is 0 Å². The Morgan fingerprint density at radius 3 is 2.77 bits per heavy atom. The first-order valence-corrected chi connectivity index (χ1v) is 8.12. The molecule has 134 valence electrons. The van der Waals surface area contributed by atoms with Crippen LogP contribution in [0.5, 0.6) is 0 Å². The number of aromatic amines is 1. The number of benzene rings is 1. The third-order valence-corrected chi connectivity index (χ3v) is 3.79. The minimum absolute atomic E-state index is 0.109. The van der Waals surface area contributed by atoms with E-state index in [1.54, 1.807) is 19.1 Å². The van der Waals surface area contributed by atoms with Gasteiger partial charge in [0.05, 0.1) is 6.54 Å². The van der Waals surface area contributed by atoms with E-state index in [-0.39, 0.29) is 30.9 Å². The molecule has 3 aromatic rings. The molecular formula is C18H18N4O4. The van der Waals surface area contributed by atoms with E-state index in [0.29, 0.717) is 17.1 Å². The van der Waals surface area contributed by atoms with Gasteiger partial charge < -0.3 is 20.1 Å². The summed E-state index contributed by atoms with van der Waals surface area (Å²) in [4.78, 5) is 38.5. The fourth-order valence-corrected chi connectivity index (χ4v) is 2.51. The van der Waals surface area contributed by atoms with E-state index in [4.69, 9.17) is 4.52 Å². The van der Waals surface area contributed by atoms with Crippen LogP contribution in [0, 0.1) is 6.92 Å². The van der Waals surface area contributed by atoms with Gasteiger partial charge in [-0.15, -0.1) is 0 Å². The predicted molar refractivity (Wildman–Crippen MR) is 95.8 cm³/mol. The predicted octanol–water partition coefficient (Wildman–Crippen LogP) is 1.51. The zero-order valence-electron chi connectivity index (χ0n) is 14.2. The largest absolute Gasteiger partial charge is 0.360 e. The van der Waals surface area contributed by atoms with Crippen LogP contribution in [0.4, 0.5) is 5.82 Å². The number of nitrogens with one attached hydrogen (secondary N) is 3. The van der Waals surface area contributed by atoms with E-state index in [0.717, 1.165) is 10.9 Å². The first-order valence-electron chi connectivity index (χ1n) is 8.12. The number of hydrogen-bond donors (Lipinski definition) is 3. The van der Waals surface area contributed by atoms with E-state index in [1.165, 1.54) is 0 Å². The van der Waals surface area contributed by atoms with Gasteiger partial charge in [-0.25, -0.2) is 0 Å². The van der Waals surface area contributed by atoms with Crippen molar-refractivity contribution in [3.05, 3.63) is 58.1 Å². The van der Waals surface area contributed by atoms with Gasteiger partial charge in [-0.1, -0.05) is 23.4 Å². The number of rotatable bonds is 6. The maximum Gasteiger partial charge on any atom is 0.251 e. The number of aromatic nitrogens is 2. The molecule has 8 heteroatoms. The summed E-state index contributed by atoms with van der Waals surface area (Å²) in [6.07, 6.45) is 0.397. The fraction of sp³-hybridized carbons (Fsp3) is 0.222.